The number of aromatic nitrogens is 2. The van der Waals surface area contributed by atoms with Gasteiger partial charge in [-0.25, -0.2) is 8.78 Å². The van der Waals surface area contributed by atoms with Crippen molar-refractivity contribution in [2.45, 2.75) is 6.92 Å². The molecule has 42 heavy (non-hydrogen) atoms. The molecular weight excluding hydrogens is 544 g/mol. The molecule has 212 valence electrons. The second-order valence-electron chi connectivity index (χ2n) is 9.15. The van der Waals surface area contributed by atoms with E-state index in [2.05, 4.69) is 5.32 Å². The maximum absolute atomic E-state index is 13.8. The summed E-state index contributed by atoms with van der Waals surface area (Å²) in [5.41, 5.74) is 3.33. The Balaban J connectivity index is 1.64. The number of rotatable bonds is 8. The van der Waals surface area contributed by atoms with E-state index in [1.807, 2.05) is 0 Å². The molecule has 1 aromatic heterocycles. The van der Waals surface area contributed by atoms with Gasteiger partial charge in [0, 0.05) is 29.8 Å². The number of esters is 1. The summed E-state index contributed by atoms with van der Waals surface area (Å²) < 4.78 is 45.1. The number of hydrogen-bond acceptors (Lipinski definition) is 6. The highest BCUT2D eigenvalue weighted by atomic mass is 19.1. The number of ether oxygens (including phenoxy) is 3. The van der Waals surface area contributed by atoms with E-state index in [1.54, 1.807) is 42.5 Å². The van der Waals surface area contributed by atoms with Crippen LogP contribution in [-0.2, 0) is 4.79 Å². The highest BCUT2D eigenvalue weighted by Crippen LogP contribution is 2.43. The van der Waals surface area contributed by atoms with Gasteiger partial charge in [0.1, 0.15) is 28.8 Å². The molecule has 5 aromatic rings. The number of hydrogen-bond donors (Lipinski definition) is 1. The van der Waals surface area contributed by atoms with Crippen LogP contribution in [0, 0.1) is 11.6 Å². The number of amides is 1. The average molecular weight is 570 g/mol. The molecule has 4 aromatic carbocycles. The SMILES string of the molecule is COc1cc(OC)cc(-c2nn(-c3ccc(F)cc3)c(OC(C)=O)c2-c2ccc(NC(=O)c3ccc(F)cc3)cc2)c1. The molecule has 0 atom stereocenters. The van der Waals surface area contributed by atoms with E-state index in [1.165, 1.54) is 74.4 Å². The van der Waals surface area contributed by atoms with Gasteiger partial charge in [-0.1, -0.05) is 12.1 Å². The summed E-state index contributed by atoms with van der Waals surface area (Å²) in [6.07, 6.45) is 0. The summed E-state index contributed by atoms with van der Waals surface area (Å²) in [5, 5.41) is 7.56. The Morgan fingerprint density at radius 3 is 1.88 bits per heavy atom. The van der Waals surface area contributed by atoms with Crippen molar-refractivity contribution in [1.29, 1.82) is 0 Å². The van der Waals surface area contributed by atoms with Crippen molar-refractivity contribution in [3.05, 3.63) is 108 Å². The number of carbonyl (C=O) groups excluding carboxylic acids is 2. The Morgan fingerprint density at radius 2 is 1.33 bits per heavy atom. The van der Waals surface area contributed by atoms with E-state index in [0.29, 0.717) is 50.8 Å². The molecule has 0 aliphatic carbocycles. The molecule has 0 aliphatic heterocycles. The van der Waals surface area contributed by atoms with Crippen LogP contribution in [0.15, 0.2) is 91.0 Å². The van der Waals surface area contributed by atoms with E-state index >= 15 is 0 Å². The van der Waals surface area contributed by atoms with Crippen LogP contribution in [0.4, 0.5) is 14.5 Å². The van der Waals surface area contributed by atoms with Crippen molar-refractivity contribution >= 4 is 17.6 Å². The molecule has 0 bridgehead atoms. The molecule has 0 aliphatic rings. The second-order valence-corrected chi connectivity index (χ2v) is 9.15. The van der Waals surface area contributed by atoms with Crippen LogP contribution in [0.2, 0.25) is 0 Å². The largest absolute Gasteiger partial charge is 0.497 e. The summed E-state index contributed by atoms with van der Waals surface area (Å²) in [6.45, 7) is 1.27. The fraction of sp³-hybridized carbons (Fsp3) is 0.0938. The molecule has 0 radical (unpaired) electrons. The standard InChI is InChI=1S/C32H25F2N3O5/c1-19(38)42-32-29(20-6-12-25(13-7-20)35-31(39)21-4-8-23(33)9-5-21)30(22-16-27(40-2)18-28(17-22)41-3)36-37(32)26-14-10-24(34)11-15-26/h4-18H,1-3H3,(H,35,39). The first-order chi connectivity index (χ1) is 20.2. The van der Waals surface area contributed by atoms with Gasteiger partial charge in [0.05, 0.1) is 25.5 Å². The Morgan fingerprint density at radius 1 is 0.762 bits per heavy atom. The van der Waals surface area contributed by atoms with Gasteiger partial charge < -0.3 is 19.5 Å². The predicted molar refractivity (Wildman–Crippen MR) is 153 cm³/mol. The van der Waals surface area contributed by atoms with Crippen LogP contribution in [-0.4, -0.2) is 35.9 Å². The summed E-state index contributed by atoms with van der Waals surface area (Å²) >= 11 is 0. The lowest BCUT2D eigenvalue weighted by Crippen LogP contribution is -2.11. The summed E-state index contributed by atoms with van der Waals surface area (Å²) in [6, 6.07) is 22.9. The average Bonchev–Trinajstić information content (AvgIpc) is 3.36. The number of carbonyl (C=O) groups is 2. The highest BCUT2D eigenvalue weighted by molar-refractivity contribution is 6.04. The lowest BCUT2D eigenvalue weighted by atomic mass is 10.0. The maximum Gasteiger partial charge on any atom is 0.309 e. The van der Waals surface area contributed by atoms with Crippen LogP contribution in [0.1, 0.15) is 17.3 Å². The van der Waals surface area contributed by atoms with E-state index < -0.39 is 23.5 Å². The van der Waals surface area contributed by atoms with E-state index in [9.17, 15) is 18.4 Å². The minimum absolute atomic E-state index is 0.106. The molecule has 1 N–H and O–H groups in total. The fourth-order valence-electron chi connectivity index (χ4n) is 4.32. The Bertz CT molecular complexity index is 1730. The van der Waals surface area contributed by atoms with Gasteiger partial charge in [-0.3, -0.25) is 9.59 Å². The Hall–Kier alpha value is -5.51. The molecule has 8 nitrogen and oxygen atoms in total. The van der Waals surface area contributed by atoms with Gasteiger partial charge in [0.2, 0.25) is 5.88 Å². The minimum Gasteiger partial charge on any atom is -0.497 e. The summed E-state index contributed by atoms with van der Waals surface area (Å²) in [7, 11) is 3.06. The molecule has 0 unspecified atom stereocenters. The van der Waals surface area contributed by atoms with Crippen molar-refractivity contribution in [3.8, 4) is 45.5 Å². The molecule has 0 saturated carbocycles. The number of halogens is 2. The molecule has 0 spiro atoms. The quantitative estimate of drug-likeness (QED) is 0.210. The van der Waals surface area contributed by atoms with Gasteiger partial charge in [-0.15, -0.1) is 0 Å². The zero-order chi connectivity index (χ0) is 29.8. The highest BCUT2D eigenvalue weighted by Gasteiger charge is 2.25. The lowest BCUT2D eigenvalue weighted by molar-refractivity contribution is -0.132. The lowest BCUT2D eigenvalue weighted by Gasteiger charge is -2.11. The van der Waals surface area contributed by atoms with E-state index in [-0.39, 0.29) is 5.88 Å². The first-order valence-corrected chi connectivity index (χ1v) is 12.7. The zero-order valence-corrected chi connectivity index (χ0v) is 22.9. The summed E-state index contributed by atoms with van der Waals surface area (Å²) in [5.74, 6) is -0.733. The molecule has 0 saturated heterocycles. The smallest absolute Gasteiger partial charge is 0.309 e. The second kappa shape index (κ2) is 11.9. The monoisotopic (exact) mass is 569 g/mol. The number of methoxy groups -OCH3 is 2. The molecule has 10 heteroatoms. The van der Waals surface area contributed by atoms with Gasteiger partial charge in [-0.2, -0.15) is 9.78 Å². The van der Waals surface area contributed by atoms with Crippen molar-refractivity contribution in [3.63, 3.8) is 0 Å². The fourth-order valence-corrected chi connectivity index (χ4v) is 4.32. The number of nitrogens with one attached hydrogen (secondary N) is 1. The third-order valence-corrected chi connectivity index (χ3v) is 6.32. The predicted octanol–water partition coefficient (Wildman–Crippen LogP) is 6.68. The van der Waals surface area contributed by atoms with Gasteiger partial charge in [0.15, 0.2) is 0 Å². The van der Waals surface area contributed by atoms with Gasteiger partial charge in [-0.05, 0) is 78.4 Å². The van der Waals surface area contributed by atoms with Crippen LogP contribution < -0.4 is 19.5 Å². The first-order valence-electron chi connectivity index (χ1n) is 12.7. The summed E-state index contributed by atoms with van der Waals surface area (Å²) in [4.78, 5) is 24.9. The van der Waals surface area contributed by atoms with Crippen LogP contribution in [0.5, 0.6) is 17.4 Å². The van der Waals surface area contributed by atoms with E-state index in [0.717, 1.165) is 0 Å². The van der Waals surface area contributed by atoms with Crippen molar-refractivity contribution in [2.75, 3.05) is 19.5 Å². The number of anilines is 1. The molecule has 0 fully saturated rings. The molecular formula is C32H25F2N3O5. The normalized spacial score (nSPS) is 10.7. The number of benzene rings is 4. The van der Waals surface area contributed by atoms with Crippen molar-refractivity contribution in [2.24, 2.45) is 0 Å². The third kappa shape index (κ3) is 5.97. The van der Waals surface area contributed by atoms with Gasteiger partial charge in [0.25, 0.3) is 5.91 Å². The minimum atomic E-state index is -0.586. The molecule has 5 rings (SSSR count). The Labute approximate surface area is 240 Å². The van der Waals surface area contributed by atoms with E-state index in [4.69, 9.17) is 19.3 Å². The number of nitrogens with zero attached hydrogens (tertiary/aromatic N) is 2. The van der Waals surface area contributed by atoms with Crippen LogP contribution >= 0.6 is 0 Å². The first kappa shape index (κ1) is 28.0. The molecule has 1 heterocycles. The van der Waals surface area contributed by atoms with Crippen molar-refractivity contribution < 1.29 is 32.6 Å². The molecule has 1 amide bonds. The maximum atomic E-state index is 13.8. The third-order valence-electron chi connectivity index (χ3n) is 6.32. The van der Waals surface area contributed by atoms with Crippen LogP contribution in [0.25, 0.3) is 28.1 Å². The van der Waals surface area contributed by atoms with Crippen LogP contribution in [0.3, 0.4) is 0 Å². The Kier molecular flexibility index (Phi) is 7.96. The zero-order valence-electron chi connectivity index (χ0n) is 22.9. The van der Waals surface area contributed by atoms with Gasteiger partial charge >= 0.3 is 5.97 Å². The van der Waals surface area contributed by atoms with Crippen molar-refractivity contribution in [1.82, 2.24) is 9.78 Å². The topological polar surface area (TPSA) is 91.7 Å².